The minimum Gasteiger partial charge on any atom is -0.492 e. The van der Waals surface area contributed by atoms with Gasteiger partial charge in [0.2, 0.25) is 0 Å². The molecule has 1 aliphatic rings. The molecule has 0 bridgehead atoms. The van der Waals surface area contributed by atoms with E-state index in [1.165, 1.54) is 11.1 Å². The van der Waals surface area contributed by atoms with Crippen LogP contribution in [0.3, 0.4) is 0 Å². The molecule has 0 atom stereocenters. The zero-order chi connectivity index (χ0) is 20.2. The van der Waals surface area contributed by atoms with Gasteiger partial charge in [0.15, 0.2) is 5.96 Å². The third kappa shape index (κ3) is 8.89. The van der Waals surface area contributed by atoms with Gasteiger partial charge < -0.3 is 20.1 Å². The molecule has 7 heteroatoms. The number of nitrogens with one attached hydrogen (secondary N) is 2. The number of morpholine rings is 1. The maximum absolute atomic E-state index is 5.94. The van der Waals surface area contributed by atoms with Crippen molar-refractivity contribution in [3.63, 3.8) is 0 Å². The Balaban J connectivity index is 0.00000320. The first-order chi connectivity index (χ1) is 14.3. The van der Waals surface area contributed by atoms with Gasteiger partial charge in [0, 0.05) is 39.8 Å². The maximum Gasteiger partial charge on any atom is 0.191 e. The van der Waals surface area contributed by atoms with E-state index in [1.54, 1.807) is 7.05 Å². The molecule has 0 radical (unpaired) electrons. The second kappa shape index (κ2) is 14.2. The summed E-state index contributed by atoms with van der Waals surface area (Å²) in [6, 6.07) is 18.7. The average molecular weight is 524 g/mol. The van der Waals surface area contributed by atoms with Crippen LogP contribution in [0.15, 0.2) is 59.6 Å². The third-order valence-electron chi connectivity index (χ3n) is 4.91. The number of hydrogen-bond acceptors (Lipinski definition) is 4. The molecule has 164 valence electrons. The monoisotopic (exact) mass is 524 g/mol. The van der Waals surface area contributed by atoms with Crippen molar-refractivity contribution in [3.05, 3.63) is 65.7 Å². The number of halogens is 1. The summed E-state index contributed by atoms with van der Waals surface area (Å²) in [6.45, 7) is 6.79. The van der Waals surface area contributed by atoms with Crippen LogP contribution in [0.1, 0.15) is 11.1 Å². The van der Waals surface area contributed by atoms with Gasteiger partial charge in [0.05, 0.1) is 13.2 Å². The topological polar surface area (TPSA) is 58.1 Å². The van der Waals surface area contributed by atoms with E-state index >= 15 is 0 Å². The van der Waals surface area contributed by atoms with Crippen LogP contribution in [0.5, 0.6) is 5.75 Å². The summed E-state index contributed by atoms with van der Waals surface area (Å²) < 4.78 is 11.3. The lowest BCUT2D eigenvalue weighted by molar-refractivity contribution is 0.0322. The van der Waals surface area contributed by atoms with Crippen LogP contribution >= 0.6 is 24.0 Å². The Morgan fingerprint density at radius 3 is 2.57 bits per heavy atom. The van der Waals surface area contributed by atoms with E-state index in [9.17, 15) is 0 Å². The number of benzene rings is 2. The Morgan fingerprint density at radius 2 is 1.80 bits per heavy atom. The first kappa shape index (κ1) is 24.4. The van der Waals surface area contributed by atoms with Gasteiger partial charge in [0.1, 0.15) is 12.4 Å². The highest BCUT2D eigenvalue weighted by molar-refractivity contribution is 14.0. The molecule has 0 saturated carbocycles. The molecule has 2 aromatic carbocycles. The molecule has 0 spiro atoms. The lowest BCUT2D eigenvalue weighted by atomic mass is 10.1. The fourth-order valence-electron chi connectivity index (χ4n) is 3.24. The Bertz CT molecular complexity index is 752. The van der Waals surface area contributed by atoms with E-state index in [2.05, 4.69) is 56.9 Å². The highest BCUT2D eigenvalue weighted by Crippen LogP contribution is 2.13. The van der Waals surface area contributed by atoms with Crippen LogP contribution < -0.4 is 15.4 Å². The molecule has 1 heterocycles. The SMILES string of the molecule is CN=C(NCCc1ccccc1)NCc1cccc(OCCN2CCOCC2)c1.I. The normalized spacial score (nSPS) is 14.6. The first-order valence-electron chi connectivity index (χ1n) is 10.3. The summed E-state index contributed by atoms with van der Waals surface area (Å²) in [4.78, 5) is 6.68. The number of ether oxygens (including phenoxy) is 2. The number of aliphatic imine (C=N–C) groups is 1. The molecule has 6 nitrogen and oxygen atoms in total. The van der Waals surface area contributed by atoms with Crippen LogP contribution in [0.4, 0.5) is 0 Å². The Morgan fingerprint density at radius 1 is 1.03 bits per heavy atom. The van der Waals surface area contributed by atoms with E-state index in [-0.39, 0.29) is 24.0 Å². The van der Waals surface area contributed by atoms with Crippen LogP contribution in [0.25, 0.3) is 0 Å². The summed E-state index contributed by atoms with van der Waals surface area (Å²) in [5.41, 5.74) is 2.48. The molecule has 30 heavy (non-hydrogen) atoms. The number of hydrogen-bond donors (Lipinski definition) is 2. The van der Waals surface area contributed by atoms with E-state index < -0.39 is 0 Å². The van der Waals surface area contributed by atoms with Gasteiger partial charge in [-0.3, -0.25) is 9.89 Å². The van der Waals surface area contributed by atoms with Gasteiger partial charge in [-0.25, -0.2) is 0 Å². The summed E-state index contributed by atoms with van der Waals surface area (Å²) in [6.07, 6.45) is 0.966. The van der Waals surface area contributed by atoms with E-state index in [0.717, 1.165) is 57.5 Å². The number of rotatable bonds is 9. The predicted octanol–water partition coefficient (Wildman–Crippen LogP) is 2.92. The van der Waals surface area contributed by atoms with Crippen molar-refractivity contribution < 1.29 is 9.47 Å². The largest absolute Gasteiger partial charge is 0.492 e. The van der Waals surface area contributed by atoms with Gasteiger partial charge in [0.25, 0.3) is 0 Å². The highest BCUT2D eigenvalue weighted by atomic mass is 127. The van der Waals surface area contributed by atoms with Crippen LogP contribution in [-0.4, -0.2) is 63.9 Å². The van der Waals surface area contributed by atoms with Crippen molar-refractivity contribution in [2.45, 2.75) is 13.0 Å². The molecule has 2 N–H and O–H groups in total. The van der Waals surface area contributed by atoms with Gasteiger partial charge in [-0.15, -0.1) is 24.0 Å². The summed E-state index contributed by atoms with van der Waals surface area (Å²) >= 11 is 0. The summed E-state index contributed by atoms with van der Waals surface area (Å²) in [7, 11) is 1.79. The van der Waals surface area contributed by atoms with Crippen LogP contribution in [0, 0.1) is 0 Å². The standard InChI is InChI=1S/C23H32N4O2.HI/c1-24-23(25-11-10-20-6-3-2-4-7-20)26-19-21-8-5-9-22(18-21)29-17-14-27-12-15-28-16-13-27;/h2-9,18H,10-17,19H2,1H3,(H2,24,25,26);1H. The lowest BCUT2D eigenvalue weighted by Crippen LogP contribution is -2.38. The zero-order valence-corrected chi connectivity index (χ0v) is 20.0. The smallest absolute Gasteiger partial charge is 0.191 e. The van der Waals surface area contributed by atoms with Crippen LogP contribution in [0.2, 0.25) is 0 Å². The van der Waals surface area contributed by atoms with E-state index in [1.807, 2.05) is 18.2 Å². The molecule has 1 fully saturated rings. The molecule has 0 aliphatic carbocycles. The second-order valence-corrected chi connectivity index (χ2v) is 7.04. The quantitative estimate of drug-likeness (QED) is 0.300. The molecule has 0 unspecified atom stereocenters. The number of nitrogens with zero attached hydrogens (tertiary/aromatic N) is 2. The lowest BCUT2D eigenvalue weighted by Gasteiger charge is -2.26. The highest BCUT2D eigenvalue weighted by Gasteiger charge is 2.09. The molecule has 1 aliphatic heterocycles. The fraction of sp³-hybridized carbons (Fsp3) is 0.435. The minimum atomic E-state index is 0. The Hall–Kier alpha value is -1.84. The van der Waals surface area contributed by atoms with E-state index in [0.29, 0.717) is 13.2 Å². The second-order valence-electron chi connectivity index (χ2n) is 7.04. The first-order valence-corrected chi connectivity index (χ1v) is 10.3. The van der Waals surface area contributed by atoms with Gasteiger partial charge in [-0.2, -0.15) is 0 Å². The van der Waals surface area contributed by atoms with Crippen molar-refractivity contribution in [3.8, 4) is 5.75 Å². The molecule has 2 aromatic rings. The molecule has 0 amide bonds. The predicted molar refractivity (Wildman–Crippen MR) is 133 cm³/mol. The van der Waals surface area contributed by atoms with E-state index in [4.69, 9.17) is 9.47 Å². The molecule has 0 aromatic heterocycles. The van der Waals surface area contributed by atoms with Crippen molar-refractivity contribution in [1.29, 1.82) is 0 Å². The van der Waals surface area contributed by atoms with Gasteiger partial charge >= 0.3 is 0 Å². The van der Waals surface area contributed by atoms with Crippen molar-refractivity contribution in [2.75, 3.05) is 53.0 Å². The fourth-order valence-corrected chi connectivity index (χ4v) is 3.24. The zero-order valence-electron chi connectivity index (χ0n) is 17.7. The molecular formula is C23H33IN4O2. The molecule has 3 rings (SSSR count). The van der Waals surface area contributed by atoms with Crippen molar-refractivity contribution >= 4 is 29.9 Å². The third-order valence-corrected chi connectivity index (χ3v) is 4.91. The summed E-state index contributed by atoms with van der Waals surface area (Å²) in [5, 5.41) is 6.73. The van der Waals surface area contributed by atoms with Gasteiger partial charge in [-0.1, -0.05) is 42.5 Å². The van der Waals surface area contributed by atoms with Crippen molar-refractivity contribution in [2.24, 2.45) is 4.99 Å². The maximum atomic E-state index is 5.94. The summed E-state index contributed by atoms with van der Waals surface area (Å²) in [5.74, 6) is 1.71. The molecular weight excluding hydrogens is 491 g/mol. The Kier molecular flexibility index (Phi) is 11.6. The van der Waals surface area contributed by atoms with Crippen LogP contribution in [-0.2, 0) is 17.7 Å². The number of guanidine groups is 1. The minimum absolute atomic E-state index is 0. The average Bonchev–Trinajstić information content (AvgIpc) is 2.78. The van der Waals surface area contributed by atoms with Gasteiger partial charge in [-0.05, 0) is 29.7 Å². The molecule has 1 saturated heterocycles. The Labute approximate surface area is 197 Å². The van der Waals surface area contributed by atoms with Crippen molar-refractivity contribution in [1.82, 2.24) is 15.5 Å².